The van der Waals surface area contributed by atoms with Gasteiger partial charge < -0.3 is 15.5 Å². The van der Waals surface area contributed by atoms with Gasteiger partial charge in [0.05, 0.1) is 0 Å². The van der Waals surface area contributed by atoms with Gasteiger partial charge in [0.2, 0.25) is 5.91 Å². The molecule has 0 radical (unpaired) electrons. The summed E-state index contributed by atoms with van der Waals surface area (Å²) in [6.07, 6.45) is 3.51. The van der Waals surface area contributed by atoms with Crippen molar-refractivity contribution in [3.05, 3.63) is 22.4 Å². The van der Waals surface area contributed by atoms with Crippen LogP contribution in [0, 0.1) is 11.8 Å². The van der Waals surface area contributed by atoms with Gasteiger partial charge in [-0.25, -0.2) is 0 Å². The van der Waals surface area contributed by atoms with Gasteiger partial charge in [0.25, 0.3) is 0 Å². The van der Waals surface area contributed by atoms with Gasteiger partial charge in [-0.15, -0.1) is 11.3 Å². The van der Waals surface area contributed by atoms with E-state index < -0.39 is 0 Å². The highest BCUT2D eigenvalue weighted by atomic mass is 32.1. The van der Waals surface area contributed by atoms with Gasteiger partial charge in [-0.2, -0.15) is 0 Å². The first kappa shape index (κ1) is 21.1. The first-order valence-corrected chi connectivity index (χ1v) is 11.4. The Morgan fingerprint density at radius 3 is 2.89 bits per heavy atom. The summed E-state index contributed by atoms with van der Waals surface area (Å²) in [5.41, 5.74) is 0. The Kier molecular flexibility index (Phi) is 7.73. The van der Waals surface area contributed by atoms with E-state index in [1.165, 1.54) is 24.3 Å². The van der Waals surface area contributed by atoms with Crippen molar-refractivity contribution in [2.75, 3.05) is 39.8 Å². The van der Waals surface area contributed by atoms with E-state index in [4.69, 9.17) is 0 Å². The molecule has 1 aromatic heterocycles. The Bertz CT molecular complexity index is 645. The van der Waals surface area contributed by atoms with Crippen LogP contribution in [0.2, 0.25) is 0 Å². The Hall–Kier alpha value is -1.60. The van der Waals surface area contributed by atoms with Crippen LogP contribution >= 0.6 is 11.3 Å². The molecule has 28 heavy (non-hydrogen) atoms. The monoisotopic (exact) mass is 405 g/mol. The topological polar surface area (TPSA) is 60.0 Å². The first-order chi connectivity index (χ1) is 13.5. The average Bonchev–Trinajstić information content (AvgIpc) is 3.36. The highest BCUT2D eigenvalue weighted by Gasteiger charge is 2.28. The molecular formula is C21H35N5OS. The summed E-state index contributed by atoms with van der Waals surface area (Å²) in [6, 6.07) is 4.65. The molecule has 2 saturated heterocycles. The zero-order valence-electron chi connectivity index (χ0n) is 17.5. The summed E-state index contributed by atoms with van der Waals surface area (Å²) < 4.78 is 0. The van der Waals surface area contributed by atoms with E-state index in [0.29, 0.717) is 5.92 Å². The fourth-order valence-corrected chi connectivity index (χ4v) is 4.90. The molecule has 156 valence electrons. The van der Waals surface area contributed by atoms with Gasteiger partial charge in [-0.1, -0.05) is 19.9 Å². The number of nitrogens with one attached hydrogen (secondary N) is 2. The van der Waals surface area contributed by atoms with Crippen LogP contribution in [-0.4, -0.2) is 67.5 Å². The molecule has 0 bridgehead atoms. The molecule has 2 N–H and O–H groups in total. The Labute approximate surface area is 173 Å². The van der Waals surface area contributed by atoms with Crippen LogP contribution < -0.4 is 10.6 Å². The Balaban J connectivity index is 1.41. The van der Waals surface area contributed by atoms with Gasteiger partial charge in [-0.3, -0.25) is 14.7 Å². The molecule has 0 saturated carbocycles. The van der Waals surface area contributed by atoms with E-state index in [2.05, 4.69) is 38.0 Å². The second kappa shape index (κ2) is 10.3. The minimum absolute atomic E-state index is 0.0691. The molecule has 1 aromatic rings. The fraction of sp³-hybridized carbons (Fsp3) is 0.714. The molecule has 1 amide bonds. The molecule has 3 rings (SSSR count). The molecule has 6 nitrogen and oxygen atoms in total. The van der Waals surface area contributed by atoms with Crippen molar-refractivity contribution in [1.82, 2.24) is 20.4 Å². The number of hydrogen-bond donors (Lipinski definition) is 2. The van der Waals surface area contributed by atoms with Crippen LogP contribution in [0.25, 0.3) is 0 Å². The summed E-state index contributed by atoms with van der Waals surface area (Å²) >= 11 is 1.85. The number of carbonyl (C=O) groups is 1. The summed E-state index contributed by atoms with van der Waals surface area (Å²) in [6.45, 7) is 9.91. The van der Waals surface area contributed by atoms with E-state index in [0.717, 1.165) is 45.1 Å². The van der Waals surface area contributed by atoms with Gasteiger partial charge in [0.15, 0.2) is 5.96 Å². The molecule has 2 aliphatic heterocycles. The molecule has 2 fully saturated rings. The van der Waals surface area contributed by atoms with E-state index in [1.54, 1.807) is 0 Å². The van der Waals surface area contributed by atoms with Crippen LogP contribution in [0.1, 0.15) is 38.0 Å². The van der Waals surface area contributed by atoms with Crippen LogP contribution in [0.3, 0.4) is 0 Å². The molecule has 0 aliphatic carbocycles. The molecule has 7 heteroatoms. The molecule has 2 atom stereocenters. The molecule has 2 unspecified atom stereocenters. The van der Waals surface area contributed by atoms with Crippen molar-refractivity contribution in [3.8, 4) is 0 Å². The largest absolute Gasteiger partial charge is 0.356 e. The third kappa shape index (κ3) is 5.95. The zero-order valence-corrected chi connectivity index (χ0v) is 18.3. The predicted molar refractivity (Wildman–Crippen MR) is 117 cm³/mol. The van der Waals surface area contributed by atoms with E-state index in [-0.39, 0.29) is 17.9 Å². The number of likely N-dealkylation sites (tertiary alicyclic amines) is 2. The second-order valence-electron chi connectivity index (χ2n) is 8.34. The first-order valence-electron chi connectivity index (χ1n) is 10.6. The molecular weight excluding hydrogens is 370 g/mol. The van der Waals surface area contributed by atoms with E-state index in [1.807, 2.05) is 37.1 Å². The predicted octanol–water partition coefficient (Wildman–Crippen LogP) is 2.38. The van der Waals surface area contributed by atoms with Gasteiger partial charge in [0.1, 0.15) is 0 Å². The van der Waals surface area contributed by atoms with E-state index in [9.17, 15) is 4.79 Å². The number of guanidine groups is 1. The maximum atomic E-state index is 12.2. The van der Waals surface area contributed by atoms with Gasteiger partial charge >= 0.3 is 0 Å². The summed E-state index contributed by atoms with van der Waals surface area (Å²) in [7, 11) is 1.82. The molecule has 0 aromatic carbocycles. The number of amides is 1. The number of thiophene rings is 1. The lowest BCUT2D eigenvalue weighted by Gasteiger charge is -2.33. The number of piperidine rings is 1. The van der Waals surface area contributed by atoms with Crippen molar-refractivity contribution in [2.24, 2.45) is 16.8 Å². The summed E-state index contributed by atoms with van der Waals surface area (Å²) in [5.74, 6) is 1.83. The minimum Gasteiger partial charge on any atom is -0.356 e. The summed E-state index contributed by atoms with van der Waals surface area (Å²) in [5, 5.41) is 9.19. The number of carbonyl (C=O) groups excluding carboxylic acids is 1. The SMILES string of the molecule is CN=C(NCC1CCCN(Cc2cccs2)C1)NC1CCN(C(=O)C(C)C)C1. The van der Waals surface area contributed by atoms with Crippen molar-refractivity contribution in [2.45, 2.75) is 45.7 Å². The molecule has 2 aliphatic rings. The van der Waals surface area contributed by atoms with Crippen LogP contribution in [0.5, 0.6) is 0 Å². The number of rotatable bonds is 6. The maximum Gasteiger partial charge on any atom is 0.225 e. The normalized spacial score (nSPS) is 24.0. The van der Waals surface area contributed by atoms with Crippen molar-refractivity contribution in [1.29, 1.82) is 0 Å². The quantitative estimate of drug-likeness (QED) is 0.564. The third-order valence-corrected chi connectivity index (χ3v) is 6.54. The van der Waals surface area contributed by atoms with Crippen LogP contribution in [-0.2, 0) is 11.3 Å². The lowest BCUT2D eigenvalue weighted by molar-refractivity contribution is -0.133. The lowest BCUT2D eigenvalue weighted by atomic mass is 9.98. The van der Waals surface area contributed by atoms with Crippen molar-refractivity contribution in [3.63, 3.8) is 0 Å². The van der Waals surface area contributed by atoms with Crippen molar-refractivity contribution < 1.29 is 4.79 Å². The second-order valence-corrected chi connectivity index (χ2v) is 9.38. The van der Waals surface area contributed by atoms with Crippen LogP contribution in [0.15, 0.2) is 22.5 Å². The van der Waals surface area contributed by atoms with Gasteiger partial charge in [0, 0.05) is 56.6 Å². The Morgan fingerprint density at radius 1 is 1.32 bits per heavy atom. The highest BCUT2D eigenvalue weighted by molar-refractivity contribution is 7.09. The summed E-state index contributed by atoms with van der Waals surface area (Å²) in [4.78, 5) is 22.6. The number of hydrogen-bond acceptors (Lipinski definition) is 4. The maximum absolute atomic E-state index is 12.2. The Morgan fingerprint density at radius 2 is 2.18 bits per heavy atom. The number of nitrogens with zero attached hydrogens (tertiary/aromatic N) is 3. The zero-order chi connectivity index (χ0) is 19.9. The van der Waals surface area contributed by atoms with Crippen LogP contribution in [0.4, 0.5) is 0 Å². The fourth-order valence-electron chi connectivity index (χ4n) is 4.16. The number of aliphatic imine (C=N–C) groups is 1. The smallest absolute Gasteiger partial charge is 0.225 e. The highest BCUT2D eigenvalue weighted by Crippen LogP contribution is 2.20. The minimum atomic E-state index is 0.0691. The molecule has 0 spiro atoms. The lowest BCUT2D eigenvalue weighted by Crippen LogP contribution is -2.48. The van der Waals surface area contributed by atoms with Gasteiger partial charge in [-0.05, 0) is 43.2 Å². The average molecular weight is 406 g/mol. The molecule has 3 heterocycles. The standard InChI is InChI=1S/C21H35N5OS/c1-16(2)20(27)26-10-8-18(14-26)24-21(22-3)23-12-17-6-4-9-25(13-17)15-19-7-5-11-28-19/h5,7,11,16-18H,4,6,8-10,12-15H2,1-3H3,(H2,22,23,24). The van der Waals surface area contributed by atoms with Crippen molar-refractivity contribution >= 4 is 23.2 Å². The van der Waals surface area contributed by atoms with E-state index >= 15 is 0 Å². The third-order valence-electron chi connectivity index (χ3n) is 5.68.